The summed E-state index contributed by atoms with van der Waals surface area (Å²) in [5, 5.41) is 0. The van der Waals surface area contributed by atoms with Gasteiger partial charge in [0.1, 0.15) is 0 Å². The van der Waals surface area contributed by atoms with Crippen LogP contribution < -0.4 is 5.73 Å². The highest BCUT2D eigenvalue weighted by molar-refractivity contribution is 14.1. The van der Waals surface area contributed by atoms with Gasteiger partial charge >= 0.3 is 0 Å². The fourth-order valence-electron chi connectivity index (χ4n) is 1.77. The third kappa shape index (κ3) is 2.69. The van der Waals surface area contributed by atoms with Crippen LogP contribution in [-0.4, -0.2) is 10.5 Å². The molecule has 0 saturated heterocycles. The van der Waals surface area contributed by atoms with Gasteiger partial charge in [-0.15, -0.1) is 0 Å². The zero-order valence-electron chi connectivity index (χ0n) is 8.81. The van der Waals surface area contributed by atoms with Crippen LogP contribution in [0.15, 0.2) is 11.6 Å². The van der Waals surface area contributed by atoms with Gasteiger partial charge in [-0.05, 0) is 37.6 Å². The third-order valence-electron chi connectivity index (χ3n) is 3.27. The van der Waals surface area contributed by atoms with Crippen LogP contribution >= 0.6 is 22.6 Å². The van der Waals surface area contributed by atoms with Gasteiger partial charge in [0.05, 0.1) is 0 Å². The van der Waals surface area contributed by atoms with Crippen molar-refractivity contribution >= 4 is 22.6 Å². The molecular weight excluding hydrogens is 273 g/mol. The van der Waals surface area contributed by atoms with Crippen LogP contribution in [0.25, 0.3) is 0 Å². The predicted molar refractivity (Wildman–Crippen MR) is 67.1 cm³/mol. The Bertz CT molecular complexity index is 208. The first-order chi connectivity index (χ1) is 6.00. The van der Waals surface area contributed by atoms with Crippen LogP contribution in [0.3, 0.4) is 0 Å². The molecule has 1 saturated carbocycles. The maximum Gasteiger partial charge on any atom is 0.0150 e. The number of halogens is 1. The lowest BCUT2D eigenvalue weighted by Gasteiger charge is -2.26. The van der Waals surface area contributed by atoms with E-state index in [1.807, 2.05) is 0 Å². The summed E-state index contributed by atoms with van der Waals surface area (Å²) in [7, 11) is 0. The van der Waals surface area contributed by atoms with E-state index in [1.165, 1.54) is 12.0 Å². The van der Waals surface area contributed by atoms with E-state index < -0.39 is 0 Å². The van der Waals surface area contributed by atoms with E-state index in [-0.39, 0.29) is 0 Å². The molecule has 1 fully saturated rings. The van der Waals surface area contributed by atoms with Crippen LogP contribution in [-0.2, 0) is 0 Å². The smallest absolute Gasteiger partial charge is 0.0150 e. The number of hydrogen-bond acceptors (Lipinski definition) is 1. The average molecular weight is 293 g/mol. The summed E-state index contributed by atoms with van der Waals surface area (Å²) in [6.45, 7) is 7.74. The Kier molecular flexibility index (Phi) is 3.81. The Morgan fingerprint density at radius 2 is 2.15 bits per heavy atom. The second kappa shape index (κ2) is 4.30. The highest BCUT2D eigenvalue weighted by atomic mass is 127. The lowest BCUT2D eigenvalue weighted by atomic mass is 9.80. The molecule has 0 aromatic rings. The van der Waals surface area contributed by atoms with Gasteiger partial charge in [-0.2, -0.15) is 0 Å². The molecule has 0 aliphatic heterocycles. The highest BCUT2D eigenvalue weighted by Crippen LogP contribution is 2.53. The second-order valence-electron chi connectivity index (χ2n) is 4.54. The van der Waals surface area contributed by atoms with E-state index in [2.05, 4.69) is 49.4 Å². The fourth-order valence-corrected chi connectivity index (χ4v) is 3.21. The van der Waals surface area contributed by atoms with Crippen molar-refractivity contribution in [3.05, 3.63) is 11.6 Å². The molecule has 1 nitrogen and oxygen atoms in total. The van der Waals surface area contributed by atoms with E-state index in [0.717, 1.165) is 22.8 Å². The molecule has 13 heavy (non-hydrogen) atoms. The van der Waals surface area contributed by atoms with Crippen molar-refractivity contribution in [3.8, 4) is 0 Å². The Morgan fingerprint density at radius 3 is 2.54 bits per heavy atom. The standard InChI is InChI=1S/C11H20IN/c1-8(5-4-6-13)11(2,3)9-7-10(9)12/h5,9-10H,4,6-7,13H2,1-3H3/t9?,10-/m0/s1. The van der Waals surface area contributed by atoms with Crippen LogP contribution in [0, 0.1) is 11.3 Å². The van der Waals surface area contributed by atoms with Gasteiger partial charge in [0.15, 0.2) is 0 Å². The summed E-state index contributed by atoms with van der Waals surface area (Å²) in [5.41, 5.74) is 7.40. The van der Waals surface area contributed by atoms with Crippen LogP contribution in [0.5, 0.6) is 0 Å². The molecule has 2 N–H and O–H groups in total. The Labute approximate surface area is 95.3 Å². The minimum absolute atomic E-state index is 0.390. The predicted octanol–water partition coefficient (Wildman–Crippen LogP) is 3.13. The Hall–Kier alpha value is 0.430. The summed E-state index contributed by atoms with van der Waals surface area (Å²) in [6.07, 6.45) is 4.72. The molecule has 2 atom stereocenters. The lowest BCUT2D eigenvalue weighted by Crippen LogP contribution is -2.17. The number of rotatable bonds is 4. The lowest BCUT2D eigenvalue weighted by molar-refractivity contribution is 0.383. The number of allylic oxidation sites excluding steroid dienone is 1. The monoisotopic (exact) mass is 293 g/mol. The summed E-state index contributed by atoms with van der Waals surface area (Å²) >= 11 is 2.56. The first-order valence-corrected chi connectivity index (χ1v) is 6.26. The molecule has 0 radical (unpaired) electrons. The van der Waals surface area contributed by atoms with Gasteiger partial charge in [-0.25, -0.2) is 0 Å². The van der Waals surface area contributed by atoms with E-state index in [9.17, 15) is 0 Å². The quantitative estimate of drug-likeness (QED) is 0.481. The van der Waals surface area contributed by atoms with E-state index in [1.54, 1.807) is 0 Å². The summed E-state index contributed by atoms with van der Waals surface area (Å²) in [5.74, 6) is 0.891. The SMILES string of the molecule is CC(=CCCN)C(C)(C)C1C[C@@H]1I. The molecular formula is C11H20IN. The van der Waals surface area contributed by atoms with Gasteiger partial charge in [-0.3, -0.25) is 0 Å². The molecule has 0 spiro atoms. The van der Waals surface area contributed by atoms with Crippen molar-refractivity contribution in [2.45, 2.75) is 37.5 Å². The second-order valence-corrected chi connectivity index (χ2v) is 6.14. The van der Waals surface area contributed by atoms with Crippen molar-refractivity contribution in [3.63, 3.8) is 0 Å². The maximum absolute atomic E-state index is 5.49. The van der Waals surface area contributed by atoms with Crippen molar-refractivity contribution < 1.29 is 0 Å². The number of alkyl halides is 1. The van der Waals surface area contributed by atoms with Crippen LogP contribution in [0.1, 0.15) is 33.6 Å². The highest BCUT2D eigenvalue weighted by Gasteiger charge is 2.46. The Morgan fingerprint density at radius 1 is 1.62 bits per heavy atom. The first-order valence-electron chi connectivity index (χ1n) is 5.01. The van der Waals surface area contributed by atoms with Crippen LogP contribution in [0.4, 0.5) is 0 Å². The van der Waals surface area contributed by atoms with Gasteiger partial charge in [0.25, 0.3) is 0 Å². The summed E-state index contributed by atoms with van der Waals surface area (Å²) < 4.78 is 0.897. The maximum atomic E-state index is 5.49. The Balaban J connectivity index is 2.57. The van der Waals surface area contributed by atoms with Crippen molar-refractivity contribution in [2.75, 3.05) is 6.54 Å². The van der Waals surface area contributed by atoms with E-state index >= 15 is 0 Å². The molecule has 1 aliphatic rings. The average Bonchev–Trinajstić information content (AvgIpc) is 2.78. The molecule has 1 aliphatic carbocycles. The number of hydrogen-bond donors (Lipinski definition) is 1. The van der Waals surface area contributed by atoms with Gasteiger partial charge in [0, 0.05) is 3.92 Å². The summed E-state index contributed by atoms with van der Waals surface area (Å²) in [4.78, 5) is 0. The minimum atomic E-state index is 0.390. The minimum Gasteiger partial charge on any atom is -0.330 e. The molecule has 2 heteroatoms. The molecule has 0 bridgehead atoms. The van der Waals surface area contributed by atoms with Gasteiger partial charge in [0.2, 0.25) is 0 Å². The van der Waals surface area contributed by atoms with Gasteiger partial charge < -0.3 is 5.73 Å². The van der Waals surface area contributed by atoms with Crippen molar-refractivity contribution in [1.82, 2.24) is 0 Å². The van der Waals surface area contributed by atoms with Crippen molar-refractivity contribution in [2.24, 2.45) is 17.1 Å². The third-order valence-corrected chi connectivity index (χ3v) is 4.65. The van der Waals surface area contributed by atoms with E-state index in [0.29, 0.717) is 5.41 Å². The normalized spacial score (nSPS) is 29.2. The fraction of sp³-hybridized carbons (Fsp3) is 0.818. The molecule has 1 unspecified atom stereocenters. The summed E-state index contributed by atoms with van der Waals surface area (Å²) in [6, 6.07) is 0. The zero-order chi connectivity index (χ0) is 10.1. The number of nitrogens with two attached hydrogens (primary N) is 1. The largest absolute Gasteiger partial charge is 0.330 e. The molecule has 76 valence electrons. The van der Waals surface area contributed by atoms with Gasteiger partial charge in [-0.1, -0.05) is 48.1 Å². The van der Waals surface area contributed by atoms with Crippen molar-refractivity contribution in [1.29, 1.82) is 0 Å². The van der Waals surface area contributed by atoms with Crippen LogP contribution in [0.2, 0.25) is 0 Å². The molecule has 0 aromatic heterocycles. The molecule has 0 amide bonds. The molecule has 1 rings (SSSR count). The molecule has 0 aromatic carbocycles. The van der Waals surface area contributed by atoms with E-state index in [4.69, 9.17) is 5.73 Å². The topological polar surface area (TPSA) is 26.0 Å². The zero-order valence-corrected chi connectivity index (χ0v) is 11.0. The first kappa shape index (κ1) is 11.5. The molecule has 0 heterocycles.